The average Bonchev–Trinajstić information content (AvgIpc) is 3.96. The molecule has 0 radical (unpaired) electrons. The van der Waals surface area contributed by atoms with Crippen LogP contribution in [0.5, 0.6) is 0 Å². The van der Waals surface area contributed by atoms with Crippen LogP contribution in [0.4, 0.5) is 17.6 Å². The third kappa shape index (κ3) is 11.6. The van der Waals surface area contributed by atoms with Gasteiger partial charge in [0.2, 0.25) is 5.91 Å². The van der Waals surface area contributed by atoms with Gasteiger partial charge < -0.3 is 26.0 Å². The van der Waals surface area contributed by atoms with E-state index >= 15 is 0 Å². The van der Waals surface area contributed by atoms with E-state index in [0.717, 1.165) is 66.9 Å². The van der Waals surface area contributed by atoms with Crippen LogP contribution >= 0.6 is 0 Å². The maximum atomic E-state index is 14.4. The van der Waals surface area contributed by atoms with Crippen LogP contribution in [0.1, 0.15) is 130 Å². The van der Waals surface area contributed by atoms with Gasteiger partial charge in [-0.3, -0.25) is 19.2 Å². The number of nitrogens with one attached hydrogen (secondary N) is 3. The Morgan fingerprint density at radius 2 is 0.972 bits per heavy atom. The largest absolute Gasteiger partial charge is 0.481 e. The Morgan fingerprint density at radius 1 is 0.563 bits per heavy atom. The Balaban J connectivity index is 0.000000172. The van der Waals surface area contributed by atoms with Crippen molar-refractivity contribution in [1.82, 2.24) is 40.8 Å². The van der Waals surface area contributed by atoms with E-state index in [1.165, 1.54) is 50.9 Å². The first-order chi connectivity index (χ1) is 34.3. The van der Waals surface area contributed by atoms with Crippen molar-refractivity contribution in [3.63, 3.8) is 0 Å². The lowest BCUT2D eigenvalue weighted by atomic mass is 9.96. The number of likely N-dealkylation sites (tertiary alicyclic amines) is 1. The fourth-order valence-electron chi connectivity index (χ4n) is 9.02. The Bertz CT molecular complexity index is 2890. The predicted molar refractivity (Wildman–Crippen MR) is 257 cm³/mol. The van der Waals surface area contributed by atoms with Crippen molar-refractivity contribution in [1.29, 1.82) is 0 Å². The van der Waals surface area contributed by atoms with E-state index in [2.05, 4.69) is 35.9 Å². The summed E-state index contributed by atoms with van der Waals surface area (Å²) in [5, 5.41) is 17.8. The molecule has 2 atom stereocenters. The molecule has 2 fully saturated rings. The predicted octanol–water partition coefficient (Wildman–Crippen LogP) is 8.58. The minimum Gasteiger partial charge on any atom is -0.481 e. The normalized spacial score (nSPS) is 15.7. The molecule has 368 valence electrons. The van der Waals surface area contributed by atoms with E-state index in [0.29, 0.717) is 39.5 Å². The molecule has 2 unspecified atom stereocenters. The van der Waals surface area contributed by atoms with Gasteiger partial charge in [0.1, 0.15) is 23.3 Å². The number of aromatic nitrogens is 4. The third-order valence-corrected chi connectivity index (χ3v) is 13.1. The molecule has 3 amide bonds. The SMILES string of the molecule is C1CCNCC1.CC(C(=O)N1CCCCC1)c1ccc(Cc2nc(-c3c(F)cccc3F)nc3c2C(=O)NC3)cc1.CC(C(=O)O)c1ccc(Cc2nc(-c3c(F)cccc3F)nc3c2C(=O)NC3)cc1. The van der Waals surface area contributed by atoms with Crippen molar-refractivity contribution in [3.8, 4) is 22.8 Å². The van der Waals surface area contributed by atoms with E-state index in [9.17, 15) is 36.7 Å². The number of nitrogens with zero attached hydrogens (tertiary/aromatic N) is 5. The number of carbonyl (C=O) groups is 4. The lowest BCUT2D eigenvalue weighted by molar-refractivity contribution is -0.138. The van der Waals surface area contributed by atoms with Gasteiger partial charge in [0.25, 0.3) is 11.8 Å². The highest BCUT2D eigenvalue weighted by Gasteiger charge is 2.30. The molecular weight excluding hydrogens is 917 g/mol. The van der Waals surface area contributed by atoms with Crippen molar-refractivity contribution < 1.29 is 41.8 Å². The first kappa shape index (κ1) is 50.0. The van der Waals surface area contributed by atoms with E-state index in [4.69, 9.17) is 5.11 Å². The fraction of sp³-hybridized carbons (Fsp3) is 0.333. The smallest absolute Gasteiger partial charge is 0.310 e. The quantitative estimate of drug-likeness (QED) is 0.0972. The Kier molecular flexibility index (Phi) is 15.9. The summed E-state index contributed by atoms with van der Waals surface area (Å²) in [5.41, 5.74) is 4.79. The molecule has 4 aliphatic heterocycles. The molecular formula is C54H54F4N8O5. The number of aliphatic carboxylic acids is 1. The van der Waals surface area contributed by atoms with E-state index in [1.54, 1.807) is 31.2 Å². The van der Waals surface area contributed by atoms with Crippen molar-refractivity contribution in [2.45, 2.75) is 90.1 Å². The molecule has 4 N–H and O–H groups in total. The summed E-state index contributed by atoms with van der Waals surface area (Å²) in [6, 6.07) is 21.6. The molecule has 71 heavy (non-hydrogen) atoms. The van der Waals surface area contributed by atoms with Gasteiger partial charge in [-0.05, 0) is 106 Å². The number of piperidine rings is 2. The summed E-state index contributed by atoms with van der Waals surface area (Å²) in [5.74, 6) is -5.61. The van der Waals surface area contributed by atoms with E-state index < -0.39 is 35.2 Å². The highest BCUT2D eigenvalue weighted by Crippen LogP contribution is 2.31. The fourth-order valence-corrected chi connectivity index (χ4v) is 9.02. The van der Waals surface area contributed by atoms with Crippen LogP contribution in [0.15, 0.2) is 84.9 Å². The van der Waals surface area contributed by atoms with Crippen molar-refractivity contribution in [2.24, 2.45) is 0 Å². The van der Waals surface area contributed by atoms with Gasteiger partial charge in [0, 0.05) is 25.9 Å². The summed E-state index contributed by atoms with van der Waals surface area (Å²) in [6.07, 6.45) is 8.00. The Hall–Kier alpha value is -7.40. The van der Waals surface area contributed by atoms with Gasteiger partial charge in [-0.1, -0.05) is 67.1 Å². The molecule has 4 aliphatic rings. The number of rotatable bonds is 10. The molecule has 6 aromatic rings. The number of hydrogen-bond donors (Lipinski definition) is 4. The van der Waals surface area contributed by atoms with E-state index in [-0.39, 0.29) is 72.3 Å². The molecule has 2 saturated heterocycles. The Labute approximate surface area is 408 Å². The molecule has 0 saturated carbocycles. The van der Waals surface area contributed by atoms with Crippen molar-refractivity contribution in [2.75, 3.05) is 26.2 Å². The van der Waals surface area contributed by atoms with Gasteiger partial charge in [0.15, 0.2) is 11.6 Å². The number of halogens is 4. The second-order valence-corrected chi connectivity index (χ2v) is 18.0. The lowest BCUT2D eigenvalue weighted by Crippen LogP contribution is -2.38. The first-order valence-electron chi connectivity index (χ1n) is 23.9. The molecule has 13 nitrogen and oxygen atoms in total. The third-order valence-electron chi connectivity index (χ3n) is 13.1. The van der Waals surface area contributed by atoms with Gasteiger partial charge in [0.05, 0.1) is 70.0 Å². The molecule has 6 heterocycles. The van der Waals surface area contributed by atoms with Crippen LogP contribution in [-0.4, -0.2) is 79.8 Å². The van der Waals surface area contributed by atoms with Gasteiger partial charge in [-0.2, -0.15) is 0 Å². The monoisotopic (exact) mass is 970 g/mol. The molecule has 2 aromatic heterocycles. The highest BCUT2D eigenvalue weighted by atomic mass is 19.1. The molecule has 0 aliphatic carbocycles. The minimum atomic E-state index is -0.926. The average molecular weight is 971 g/mol. The summed E-state index contributed by atoms with van der Waals surface area (Å²) < 4.78 is 57.3. The highest BCUT2D eigenvalue weighted by molar-refractivity contribution is 5.99. The summed E-state index contributed by atoms with van der Waals surface area (Å²) in [7, 11) is 0. The van der Waals surface area contributed by atoms with Crippen molar-refractivity contribution >= 4 is 23.7 Å². The van der Waals surface area contributed by atoms with Gasteiger partial charge >= 0.3 is 5.97 Å². The van der Waals surface area contributed by atoms with E-state index in [1.807, 2.05) is 36.1 Å². The molecule has 4 aromatic carbocycles. The molecule has 10 rings (SSSR count). The summed E-state index contributed by atoms with van der Waals surface area (Å²) in [6.45, 7) is 7.97. The maximum Gasteiger partial charge on any atom is 0.310 e. The van der Waals surface area contributed by atoms with Crippen LogP contribution in [0.25, 0.3) is 22.8 Å². The number of amides is 3. The van der Waals surface area contributed by atoms with Crippen LogP contribution in [0, 0.1) is 23.3 Å². The number of carbonyl (C=O) groups excluding carboxylic acids is 3. The van der Waals surface area contributed by atoms with Crippen LogP contribution in [-0.2, 0) is 35.5 Å². The number of carboxylic acids is 1. The minimum absolute atomic E-state index is 0.0804. The number of hydrogen-bond acceptors (Lipinski definition) is 9. The van der Waals surface area contributed by atoms with Gasteiger partial charge in [-0.15, -0.1) is 0 Å². The number of benzene rings is 4. The molecule has 17 heteroatoms. The van der Waals surface area contributed by atoms with Crippen molar-refractivity contribution in [3.05, 3.63) is 164 Å². The summed E-state index contributed by atoms with van der Waals surface area (Å²) in [4.78, 5) is 67.9. The molecule has 0 spiro atoms. The second kappa shape index (κ2) is 22.6. The molecule has 0 bridgehead atoms. The topological polar surface area (TPSA) is 179 Å². The lowest BCUT2D eigenvalue weighted by Gasteiger charge is -2.29. The zero-order valence-electron chi connectivity index (χ0n) is 39.5. The maximum absolute atomic E-state index is 14.4. The standard InChI is InChI=1S/C27H26F2N4O2.C22H17F2N3O3.C5H11N/c1-16(27(35)33-12-3-2-4-13-33)18-10-8-17(9-11-18)14-21-24-22(15-30-26(24)34)32-25(31-21)23-19(28)6-5-7-20(23)29;1-11(22(29)30)13-7-5-12(6-8-13)9-16-19-17(10-25-21(19)28)27-20(26-16)18-14(23)3-2-4-15(18)24;1-2-4-6-5-3-1/h5-11,16H,2-4,12-15H2,1H3,(H,30,34);2-8,11H,9-10H2,1H3,(H,25,28)(H,29,30);6H,1-5H2. The Morgan fingerprint density at radius 3 is 1.35 bits per heavy atom. The second-order valence-electron chi connectivity index (χ2n) is 18.0. The summed E-state index contributed by atoms with van der Waals surface area (Å²) >= 11 is 0. The number of carboxylic acid groups (broad SMARTS) is 1. The zero-order valence-corrected chi connectivity index (χ0v) is 39.5. The first-order valence-corrected chi connectivity index (χ1v) is 23.9. The van der Waals surface area contributed by atoms with Gasteiger partial charge in [-0.25, -0.2) is 37.5 Å². The zero-order chi connectivity index (χ0) is 50.2. The number of fused-ring (bicyclic) bond motifs is 2. The van der Waals surface area contributed by atoms with Crippen LogP contribution in [0.2, 0.25) is 0 Å². The van der Waals surface area contributed by atoms with Crippen LogP contribution in [0.3, 0.4) is 0 Å². The van der Waals surface area contributed by atoms with Crippen LogP contribution < -0.4 is 16.0 Å².